The van der Waals surface area contributed by atoms with E-state index in [1.54, 1.807) is 0 Å². The standard InChI is InChI=1S/C14H19N3/c1-11-5-6-14(12(8-11)9-15)17-10-13-4-2-3-7-16-13/h5-6,8,13,16-17H,2-4,7,10H2,1H3. The number of hydrogen-bond donors (Lipinski definition) is 2. The zero-order valence-electron chi connectivity index (χ0n) is 10.3. The Labute approximate surface area is 103 Å². The second kappa shape index (κ2) is 5.70. The molecule has 1 fully saturated rings. The second-order valence-corrected chi connectivity index (χ2v) is 4.69. The number of nitriles is 1. The SMILES string of the molecule is Cc1ccc(NCC2CCCCN2)c(C#N)c1. The fourth-order valence-electron chi connectivity index (χ4n) is 2.24. The molecule has 1 aliphatic heterocycles. The van der Waals surface area contributed by atoms with Crippen LogP contribution in [0.3, 0.4) is 0 Å². The van der Waals surface area contributed by atoms with Crippen LogP contribution in [0.5, 0.6) is 0 Å². The van der Waals surface area contributed by atoms with Crippen LogP contribution in [-0.4, -0.2) is 19.1 Å². The van der Waals surface area contributed by atoms with Crippen LogP contribution in [0, 0.1) is 18.3 Å². The zero-order chi connectivity index (χ0) is 12.1. The summed E-state index contributed by atoms with van der Waals surface area (Å²) in [6, 6.07) is 8.74. The first kappa shape index (κ1) is 11.9. The van der Waals surface area contributed by atoms with E-state index in [0.29, 0.717) is 6.04 Å². The maximum absolute atomic E-state index is 9.07. The van der Waals surface area contributed by atoms with Crippen molar-refractivity contribution in [2.75, 3.05) is 18.4 Å². The van der Waals surface area contributed by atoms with E-state index in [9.17, 15) is 0 Å². The Morgan fingerprint density at radius 3 is 3.06 bits per heavy atom. The Hall–Kier alpha value is -1.53. The molecule has 1 atom stereocenters. The summed E-state index contributed by atoms with van der Waals surface area (Å²) < 4.78 is 0. The minimum absolute atomic E-state index is 0.539. The van der Waals surface area contributed by atoms with Crippen molar-refractivity contribution in [1.29, 1.82) is 5.26 Å². The molecule has 0 aromatic heterocycles. The highest BCUT2D eigenvalue weighted by molar-refractivity contribution is 5.58. The monoisotopic (exact) mass is 229 g/mol. The third-order valence-corrected chi connectivity index (χ3v) is 3.25. The third kappa shape index (κ3) is 3.21. The molecule has 0 aliphatic carbocycles. The molecule has 0 amide bonds. The van der Waals surface area contributed by atoms with Crippen LogP contribution in [0.15, 0.2) is 18.2 Å². The summed E-state index contributed by atoms with van der Waals surface area (Å²) >= 11 is 0. The van der Waals surface area contributed by atoms with Crippen molar-refractivity contribution >= 4 is 5.69 Å². The molecule has 1 aliphatic rings. The summed E-state index contributed by atoms with van der Waals surface area (Å²) in [5, 5.41) is 15.9. The van der Waals surface area contributed by atoms with Gasteiger partial charge in [0, 0.05) is 12.6 Å². The van der Waals surface area contributed by atoms with Crippen molar-refractivity contribution in [1.82, 2.24) is 5.32 Å². The highest BCUT2D eigenvalue weighted by atomic mass is 15.0. The molecule has 2 rings (SSSR count). The highest BCUT2D eigenvalue weighted by Gasteiger charge is 2.12. The van der Waals surface area contributed by atoms with E-state index in [1.165, 1.54) is 19.3 Å². The third-order valence-electron chi connectivity index (χ3n) is 3.25. The van der Waals surface area contributed by atoms with Crippen molar-refractivity contribution in [2.45, 2.75) is 32.2 Å². The molecular formula is C14H19N3. The van der Waals surface area contributed by atoms with Gasteiger partial charge in [-0.1, -0.05) is 12.5 Å². The average Bonchev–Trinajstić information content (AvgIpc) is 2.38. The Bertz CT molecular complexity index is 414. The molecule has 1 aromatic carbocycles. The van der Waals surface area contributed by atoms with Gasteiger partial charge in [0.1, 0.15) is 6.07 Å². The largest absolute Gasteiger partial charge is 0.382 e. The topological polar surface area (TPSA) is 47.8 Å². The minimum Gasteiger partial charge on any atom is -0.382 e. The summed E-state index contributed by atoms with van der Waals surface area (Å²) in [4.78, 5) is 0. The second-order valence-electron chi connectivity index (χ2n) is 4.69. The molecule has 0 bridgehead atoms. The van der Waals surface area contributed by atoms with Crippen LogP contribution in [0.4, 0.5) is 5.69 Å². The van der Waals surface area contributed by atoms with Gasteiger partial charge in [0.05, 0.1) is 11.3 Å². The smallest absolute Gasteiger partial charge is 0.101 e. The van der Waals surface area contributed by atoms with Gasteiger partial charge in [-0.15, -0.1) is 0 Å². The molecule has 0 radical (unpaired) electrons. The first-order chi connectivity index (χ1) is 8.29. The maximum atomic E-state index is 9.07. The predicted molar refractivity (Wildman–Crippen MR) is 70.0 cm³/mol. The van der Waals surface area contributed by atoms with E-state index in [1.807, 2.05) is 25.1 Å². The number of hydrogen-bond acceptors (Lipinski definition) is 3. The van der Waals surface area contributed by atoms with Crippen LogP contribution >= 0.6 is 0 Å². The summed E-state index contributed by atoms with van der Waals surface area (Å²) in [6.07, 6.45) is 3.81. The number of anilines is 1. The highest BCUT2D eigenvalue weighted by Crippen LogP contribution is 2.17. The van der Waals surface area contributed by atoms with Crippen LogP contribution in [0.25, 0.3) is 0 Å². The van der Waals surface area contributed by atoms with E-state index in [4.69, 9.17) is 5.26 Å². The first-order valence-corrected chi connectivity index (χ1v) is 6.27. The van der Waals surface area contributed by atoms with Crippen molar-refractivity contribution in [2.24, 2.45) is 0 Å². The van der Waals surface area contributed by atoms with Crippen molar-refractivity contribution in [3.8, 4) is 6.07 Å². The lowest BCUT2D eigenvalue weighted by Gasteiger charge is -2.24. The molecule has 17 heavy (non-hydrogen) atoms. The van der Waals surface area contributed by atoms with Crippen molar-refractivity contribution in [3.63, 3.8) is 0 Å². The van der Waals surface area contributed by atoms with E-state index >= 15 is 0 Å². The lowest BCUT2D eigenvalue weighted by molar-refractivity contribution is 0.414. The molecule has 3 nitrogen and oxygen atoms in total. The zero-order valence-corrected chi connectivity index (χ0v) is 10.3. The normalized spacial score (nSPS) is 19.6. The molecule has 1 unspecified atom stereocenters. The number of nitrogens with zero attached hydrogens (tertiary/aromatic N) is 1. The minimum atomic E-state index is 0.539. The van der Waals surface area contributed by atoms with Crippen LogP contribution in [0.1, 0.15) is 30.4 Å². The van der Waals surface area contributed by atoms with E-state index in [2.05, 4.69) is 16.7 Å². The Morgan fingerprint density at radius 1 is 1.47 bits per heavy atom. The first-order valence-electron chi connectivity index (χ1n) is 6.27. The lowest BCUT2D eigenvalue weighted by Crippen LogP contribution is -2.39. The van der Waals surface area contributed by atoms with Gasteiger partial charge in [0.2, 0.25) is 0 Å². The van der Waals surface area contributed by atoms with Crippen molar-refractivity contribution < 1.29 is 0 Å². The van der Waals surface area contributed by atoms with E-state index in [0.717, 1.165) is 29.9 Å². The number of piperidine rings is 1. The molecule has 2 N–H and O–H groups in total. The van der Waals surface area contributed by atoms with Gasteiger partial charge in [-0.25, -0.2) is 0 Å². The Balaban J connectivity index is 1.96. The molecule has 0 spiro atoms. The van der Waals surface area contributed by atoms with Gasteiger partial charge in [0.25, 0.3) is 0 Å². The number of aryl methyl sites for hydroxylation is 1. The summed E-state index contributed by atoms with van der Waals surface area (Å²) in [5.74, 6) is 0. The van der Waals surface area contributed by atoms with Gasteiger partial charge in [-0.2, -0.15) is 5.26 Å². The average molecular weight is 229 g/mol. The van der Waals surface area contributed by atoms with Gasteiger partial charge >= 0.3 is 0 Å². The van der Waals surface area contributed by atoms with Gasteiger partial charge in [0.15, 0.2) is 0 Å². The Kier molecular flexibility index (Phi) is 4.00. The number of nitrogens with one attached hydrogen (secondary N) is 2. The fraction of sp³-hybridized carbons (Fsp3) is 0.500. The summed E-state index contributed by atoms with van der Waals surface area (Å²) in [7, 11) is 0. The molecular weight excluding hydrogens is 210 g/mol. The van der Waals surface area contributed by atoms with E-state index in [-0.39, 0.29) is 0 Å². The molecule has 0 saturated carbocycles. The number of rotatable bonds is 3. The summed E-state index contributed by atoms with van der Waals surface area (Å²) in [5.41, 5.74) is 2.81. The van der Waals surface area contributed by atoms with Gasteiger partial charge in [-0.3, -0.25) is 0 Å². The molecule has 1 heterocycles. The van der Waals surface area contributed by atoms with Crippen LogP contribution in [-0.2, 0) is 0 Å². The van der Waals surface area contributed by atoms with Crippen LogP contribution in [0.2, 0.25) is 0 Å². The van der Waals surface area contributed by atoms with Crippen LogP contribution < -0.4 is 10.6 Å². The van der Waals surface area contributed by atoms with Crippen molar-refractivity contribution in [3.05, 3.63) is 29.3 Å². The Morgan fingerprint density at radius 2 is 2.35 bits per heavy atom. The van der Waals surface area contributed by atoms with E-state index < -0.39 is 0 Å². The maximum Gasteiger partial charge on any atom is 0.101 e. The quantitative estimate of drug-likeness (QED) is 0.836. The molecule has 3 heteroatoms. The summed E-state index contributed by atoms with van der Waals surface area (Å²) in [6.45, 7) is 4.02. The fourth-order valence-corrected chi connectivity index (χ4v) is 2.24. The molecule has 1 aromatic rings. The van der Waals surface area contributed by atoms with Gasteiger partial charge < -0.3 is 10.6 Å². The number of benzene rings is 1. The lowest BCUT2D eigenvalue weighted by atomic mass is 10.0. The predicted octanol–water partition coefficient (Wildman–Crippen LogP) is 2.42. The molecule has 90 valence electrons. The molecule has 1 saturated heterocycles. The van der Waals surface area contributed by atoms with Gasteiger partial charge in [-0.05, 0) is 44.0 Å².